The van der Waals surface area contributed by atoms with Crippen LogP contribution in [0.2, 0.25) is 5.02 Å². The molecule has 0 aliphatic carbocycles. The van der Waals surface area contributed by atoms with Gasteiger partial charge >= 0.3 is 0 Å². The molecule has 134 valence electrons. The number of nitrogens with zero attached hydrogens (tertiary/aromatic N) is 3. The number of aromatic nitrogens is 1. The quantitative estimate of drug-likeness (QED) is 0.469. The first kappa shape index (κ1) is 19.1. The lowest BCUT2D eigenvalue weighted by Gasteiger charge is -2.22. The van der Waals surface area contributed by atoms with Crippen molar-refractivity contribution >= 4 is 17.6 Å². The fraction of sp³-hybridized carbons (Fsp3) is 0.368. The van der Waals surface area contributed by atoms with E-state index in [-0.39, 0.29) is 5.56 Å². The molecule has 5 nitrogen and oxygen atoms in total. The van der Waals surface area contributed by atoms with Crippen molar-refractivity contribution in [1.82, 2.24) is 14.8 Å². The van der Waals surface area contributed by atoms with Crippen molar-refractivity contribution in [3.8, 4) is 0 Å². The zero-order valence-corrected chi connectivity index (χ0v) is 15.5. The molecule has 0 saturated heterocycles. The topological polar surface area (TPSA) is 49.6 Å². The number of nitrogens with one attached hydrogen (secondary N) is 1. The minimum Gasteiger partial charge on any atom is -0.356 e. The normalized spacial score (nSPS) is 11.4. The predicted molar refractivity (Wildman–Crippen MR) is 104 cm³/mol. The molecule has 2 aromatic rings. The number of halogens is 1. The van der Waals surface area contributed by atoms with Crippen LogP contribution in [0.5, 0.6) is 0 Å². The first-order valence-corrected chi connectivity index (χ1v) is 8.80. The summed E-state index contributed by atoms with van der Waals surface area (Å²) in [6.07, 6.45) is 3.72. The van der Waals surface area contributed by atoms with E-state index >= 15 is 0 Å². The molecule has 25 heavy (non-hydrogen) atoms. The Morgan fingerprint density at radius 3 is 2.68 bits per heavy atom. The third-order valence-corrected chi connectivity index (χ3v) is 4.32. The van der Waals surface area contributed by atoms with Crippen LogP contribution in [0.1, 0.15) is 18.4 Å². The van der Waals surface area contributed by atoms with E-state index in [0.29, 0.717) is 6.54 Å². The number of guanidine groups is 1. The molecule has 1 aromatic heterocycles. The maximum atomic E-state index is 11.6. The Hall–Kier alpha value is -2.27. The van der Waals surface area contributed by atoms with Crippen LogP contribution in [-0.2, 0) is 13.1 Å². The second kappa shape index (κ2) is 9.89. The van der Waals surface area contributed by atoms with Crippen LogP contribution >= 0.6 is 11.6 Å². The highest BCUT2D eigenvalue weighted by atomic mass is 35.5. The van der Waals surface area contributed by atoms with Crippen LogP contribution in [-0.4, -0.2) is 36.1 Å². The predicted octanol–water partition coefficient (Wildman–Crippen LogP) is 2.99. The van der Waals surface area contributed by atoms with Crippen molar-refractivity contribution in [2.24, 2.45) is 4.99 Å². The summed E-state index contributed by atoms with van der Waals surface area (Å²) >= 11 is 6.22. The zero-order chi connectivity index (χ0) is 18.1. The summed E-state index contributed by atoms with van der Waals surface area (Å²) < 4.78 is 1.73. The molecule has 0 unspecified atom stereocenters. The molecule has 0 bridgehead atoms. The summed E-state index contributed by atoms with van der Waals surface area (Å²) in [6.45, 7) is 2.23. The van der Waals surface area contributed by atoms with Gasteiger partial charge in [-0.2, -0.15) is 0 Å². The highest BCUT2D eigenvalue weighted by Gasteiger charge is 2.08. The molecular formula is C19H25ClN4O. The van der Waals surface area contributed by atoms with Crippen molar-refractivity contribution in [3.05, 3.63) is 69.6 Å². The van der Waals surface area contributed by atoms with Gasteiger partial charge < -0.3 is 14.8 Å². The molecule has 2 rings (SSSR count). The standard InChI is InChI=1S/C19H25ClN4O/c1-21-19(23(2)15-16-9-3-4-10-17(16)20)22-12-6-8-14-24-13-7-5-11-18(24)25/h3-5,7,9-11,13H,6,8,12,14-15H2,1-2H3,(H,21,22). The van der Waals surface area contributed by atoms with Gasteiger partial charge in [0.1, 0.15) is 0 Å². The molecular weight excluding hydrogens is 336 g/mol. The van der Waals surface area contributed by atoms with Gasteiger partial charge in [-0.15, -0.1) is 0 Å². The van der Waals surface area contributed by atoms with Crippen LogP contribution in [0, 0.1) is 0 Å². The lowest BCUT2D eigenvalue weighted by atomic mass is 10.2. The van der Waals surface area contributed by atoms with Crippen LogP contribution in [0.3, 0.4) is 0 Å². The van der Waals surface area contributed by atoms with Crippen molar-refractivity contribution in [1.29, 1.82) is 0 Å². The molecule has 6 heteroatoms. The molecule has 0 radical (unpaired) electrons. The molecule has 0 fully saturated rings. The Labute approximate surface area is 154 Å². The van der Waals surface area contributed by atoms with Gasteiger partial charge in [-0.25, -0.2) is 0 Å². The number of aryl methyl sites for hydroxylation is 1. The Bertz CT molecular complexity index is 757. The van der Waals surface area contributed by atoms with Gasteiger partial charge in [0, 0.05) is 51.0 Å². The Morgan fingerprint density at radius 1 is 1.20 bits per heavy atom. The summed E-state index contributed by atoms with van der Waals surface area (Å²) in [5.41, 5.74) is 1.11. The molecule has 1 N–H and O–H groups in total. The van der Waals surface area contributed by atoms with Crippen molar-refractivity contribution in [2.45, 2.75) is 25.9 Å². The average Bonchev–Trinajstić information content (AvgIpc) is 2.61. The Morgan fingerprint density at radius 2 is 1.96 bits per heavy atom. The van der Waals surface area contributed by atoms with Gasteiger partial charge in [0.2, 0.25) is 5.56 Å². The maximum Gasteiger partial charge on any atom is 0.250 e. The van der Waals surface area contributed by atoms with E-state index in [0.717, 1.165) is 42.5 Å². The van der Waals surface area contributed by atoms with Gasteiger partial charge in [-0.3, -0.25) is 9.79 Å². The minimum absolute atomic E-state index is 0.0470. The molecule has 0 spiro atoms. The lowest BCUT2D eigenvalue weighted by molar-refractivity contribution is 0.473. The summed E-state index contributed by atoms with van der Waals surface area (Å²) in [4.78, 5) is 18.0. The smallest absolute Gasteiger partial charge is 0.250 e. The third-order valence-electron chi connectivity index (χ3n) is 3.95. The first-order valence-electron chi connectivity index (χ1n) is 8.42. The molecule has 0 atom stereocenters. The summed E-state index contributed by atoms with van der Waals surface area (Å²) in [5.74, 6) is 0.830. The summed E-state index contributed by atoms with van der Waals surface area (Å²) in [6, 6.07) is 13.1. The number of rotatable bonds is 7. The van der Waals surface area contributed by atoms with Crippen LogP contribution < -0.4 is 10.9 Å². The fourth-order valence-corrected chi connectivity index (χ4v) is 2.79. The van der Waals surface area contributed by atoms with E-state index in [2.05, 4.69) is 10.3 Å². The second-order valence-corrected chi connectivity index (χ2v) is 6.27. The van der Waals surface area contributed by atoms with Crippen LogP contribution in [0.25, 0.3) is 0 Å². The van der Waals surface area contributed by atoms with Crippen LogP contribution in [0.4, 0.5) is 0 Å². The monoisotopic (exact) mass is 360 g/mol. The van der Waals surface area contributed by atoms with E-state index < -0.39 is 0 Å². The molecule has 0 amide bonds. The van der Waals surface area contributed by atoms with Crippen LogP contribution in [0.15, 0.2) is 58.4 Å². The van der Waals surface area contributed by atoms with Gasteiger partial charge in [-0.05, 0) is 30.5 Å². The number of hydrogen-bond donors (Lipinski definition) is 1. The highest BCUT2D eigenvalue weighted by molar-refractivity contribution is 6.31. The largest absolute Gasteiger partial charge is 0.356 e. The maximum absolute atomic E-state index is 11.6. The summed E-state index contributed by atoms with van der Waals surface area (Å²) in [7, 11) is 3.76. The number of unbranched alkanes of at least 4 members (excludes halogenated alkanes) is 1. The summed E-state index contributed by atoms with van der Waals surface area (Å²) in [5, 5.41) is 4.12. The highest BCUT2D eigenvalue weighted by Crippen LogP contribution is 2.16. The number of benzene rings is 1. The number of hydrogen-bond acceptors (Lipinski definition) is 2. The van der Waals surface area contributed by atoms with Crippen molar-refractivity contribution < 1.29 is 0 Å². The van der Waals surface area contributed by atoms with E-state index in [1.807, 2.05) is 48.5 Å². The molecule has 0 aliphatic heterocycles. The van der Waals surface area contributed by atoms with E-state index in [1.165, 1.54) is 0 Å². The molecule has 0 aliphatic rings. The average molecular weight is 361 g/mol. The second-order valence-electron chi connectivity index (χ2n) is 5.86. The van der Waals surface area contributed by atoms with Gasteiger partial charge in [-0.1, -0.05) is 35.9 Å². The number of pyridine rings is 1. The van der Waals surface area contributed by atoms with Gasteiger partial charge in [0.05, 0.1) is 0 Å². The zero-order valence-electron chi connectivity index (χ0n) is 14.8. The fourth-order valence-electron chi connectivity index (χ4n) is 2.59. The van der Waals surface area contributed by atoms with E-state index in [1.54, 1.807) is 23.7 Å². The minimum atomic E-state index is 0.0470. The van der Waals surface area contributed by atoms with Crippen molar-refractivity contribution in [3.63, 3.8) is 0 Å². The molecule has 0 saturated carbocycles. The SMILES string of the molecule is CN=C(NCCCCn1ccccc1=O)N(C)Cc1ccccc1Cl. The van der Waals surface area contributed by atoms with E-state index in [4.69, 9.17) is 11.6 Å². The Kier molecular flexibility index (Phi) is 7.54. The Balaban J connectivity index is 1.75. The van der Waals surface area contributed by atoms with Gasteiger partial charge in [0.15, 0.2) is 5.96 Å². The first-order chi connectivity index (χ1) is 12.1. The lowest BCUT2D eigenvalue weighted by Crippen LogP contribution is -2.39. The molecule has 1 heterocycles. The van der Waals surface area contributed by atoms with Crippen molar-refractivity contribution in [2.75, 3.05) is 20.6 Å². The number of aliphatic imine (C=N–C) groups is 1. The third kappa shape index (κ3) is 5.94. The van der Waals surface area contributed by atoms with E-state index in [9.17, 15) is 4.79 Å². The van der Waals surface area contributed by atoms with Gasteiger partial charge in [0.25, 0.3) is 0 Å². The molecule has 1 aromatic carbocycles.